The second-order valence-electron chi connectivity index (χ2n) is 3.87. The molecule has 0 aromatic heterocycles. The van der Waals surface area contributed by atoms with Gasteiger partial charge in [0.05, 0.1) is 11.8 Å². The predicted molar refractivity (Wildman–Crippen MR) is 66.4 cm³/mol. The van der Waals surface area contributed by atoms with Gasteiger partial charge in [-0.25, -0.2) is 0 Å². The first-order valence-electron chi connectivity index (χ1n) is 5.48. The molecule has 3 nitrogen and oxygen atoms in total. The van der Waals surface area contributed by atoms with Gasteiger partial charge < -0.3 is 15.9 Å². The number of aliphatic hydroxyl groups excluding tert-OH is 1. The van der Waals surface area contributed by atoms with Crippen LogP contribution in [0.4, 0.5) is 5.69 Å². The fourth-order valence-corrected chi connectivity index (χ4v) is 1.78. The molecule has 4 N–H and O–H groups in total. The zero-order valence-corrected chi connectivity index (χ0v) is 9.61. The third-order valence-electron chi connectivity index (χ3n) is 2.69. The van der Waals surface area contributed by atoms with Crippen LogP contribution in [0.1, 0.15) is 24.5 Å². The minimum Gasteiger partial charge on any atom is -0.506 e. The van der Waals surface area contributed by atoms with E-state index in [9.17, 15) is 10.2 Å². The van der Waals surface area contributed by atoms with Crippen molar-refractivity contribution < 1.29 is 10.2 Å². The molecule has 0 heterocycles. The summed E-state index contributed by atoms with van der Waals surface area (Å²) in [6.45, 7) is 5.61. The molecule has 3 heteroatoms. The molecule has 0 aliphatic rings. The Labute approximate surface area is 96.2 Å². The number of hydrogen-bond acceptors (Lipinski definition) is 3. The van der Waals surface area contributed by atoms with E-state index in [-0.39, 0.29) is 5.75 Å². The lowest BCUT2D eigenvalue weighted by molar-refractivity contribution is 0.178. The highest BCUT2D eigenvalue weighted by molar-refractivity contribution is 5.60. The average molecular weight is 221 g/mol. The summed E-state index contributed by atoms with van der Waals surface area (Å²) in [4.78, 5) is 0. The molecule has 0 amide bonds. The Morgan fingerprint density at radius 3 is 2.75 bits per heavy atom. The van der Waals surface area contributed by atoms with Gasteiger partial charge in [0.2, 0.25) is 0 Å². The number of aromatic hydroxyl groups is 1. The summed E-state index contributed by atoms with van der Waals surface area (Å²) in [5.41, 5.74) is 8.11. The van der Waals surface area contributed by atoms with Crippen molar-refractivity contribution in [2.45, 2.75) is 32.3 Å². The van der Waals surface area contributed by atoms with Crippen molar-refractivity contribution in [1.29, 1.82) is 0 Å². The fourth-order valence-electron chi connectivity index (χ4n) is 1.78. The maximum absolute atomic E-state index is 9.73. The van der Waals surface area contributed by atoms with Gasteiger partial charge in [-0.1, -0.05) is 19.1 Å². The summed E-state index contributed by atoms with van der Waals surface area (Å²) < 4.78 is 0. The van der Waals surface area contributed by atoms with Gasteiger partial charge in [0.15, 0.2) is 0 Å². The number of nitrogen functional groups attached to an aromatic ring is 1. The molecule has 1 aromatic rings. The van der Waals surface area contributed by atoms with Crippen LogP contribution >= 0.6 is 0 Å². The molecule has 1 rings (SSSR count). The topological polar surface area (TPSA) is 66.5 Å². The maximum atomic E-state index is 9.73. The molecular weight excluding hydrogens is 202 g/mol. The first kappa shape index (κ1) is 12.6. The number of hydrogen-bond donors (Lipinski definition) is 3. The minimum absolute atomic E-state index is 0.0815. The van der Waals surface area contributed by atoms with E-state index in [4.69, 9.17) is 5.73 Å². The standard InChI is InChI=1S/C13H19NO2/c1-3-5-10(15)8-11-9(4-2)6-7-12(16)13(11)14/h3,6-7,10,15-16H,1,4-5,8,14H2,2H3. The first-order chi connectivity index (χ1) is 7.60. The summed E-state index contributed by atoms with van der Waals surface area (Å²) in [7, 11) is 0. The highest BCUT2D eigenvalue weighted by Crippen LogP contribution is 2.29. The Bertz CT molecular complexity index is 374. The zero-order valence-electron chi connectivity index (χ0n) is 9.61. The highest BCUT2D eigenvalue weighted by atomic mass is 16.3. The average Bonchev–Trinajstić information content (AvgIpc) is 2.25. The number of anilines is 1. The fraction of sp³-hybridized carbons (Fsp3) is 0.385. The van der Waals surface area contributed by atoms with Gasteiger partial charge in [-0.05, 0) is 30.0 Å². The minimum atomic E-state index is -0.494. The number of rotatable bonds is 5. The van der Waals surface area contributed by atoms with Gasteiger partial charge in [0, 0.05) is 6.42 Å². The van der Waals surface area contributed by atoms with Crippen LogP contribution < -0.4 is 5.73 Å². The van der Waals surface area contributed by atoms with E-state index >= 15 is 0 Å². The zero-order chi connectivity index (χ0) is 12.1. The summed E-state index contributed by atoms with van der Waals surface area (Å²) in [6, 6.07) is 3.44. The van der Waals surface area contributed by atoms with Crippen molar-refractivity contribution in [3.63, 3.8) is 0 Å². The summed E-state index contributed by atoms with van der Waals surface area (Å²) in [5, 5.41) is 19.3. The quantitative estimate of drug-likeness (QED) is 0.405. The molecule has 0 spiro atoms. The Balaban J connectivity index is 3.00. The van der Waals surface area contributed by atoms with E-state index in [0.717, 1.165) is 17.5 Å². The van der Waals surface area contributed by atoms with Crippen molar-refractivity contribution in [1.82, 2.24) is 0 Å². The lowest BCUT2D eigenvalue weighted by Crippen LogP contribution is -2.12. The van der Waals surface area contributed by atoms with Gasteiger partial charge in [-0.2, -0.15) is 0 Å². The van der Waals surface area contributed by atoms with E-state index < -0.39 is 6.10 Å². The molecule has 0 bridgehead atoms. The van der Waals surface area contributed by atoms with Crippen LogP contribution in [-0.4, -0.2) is 16.3 Å². The maximum Gasteiger partial charge on any atom is 0.138 e. The van der Waals surface area contributed by atoms with Crippen LogP contribution in [0.2, 0.25) is 0 Å². The second kappa shape index (κ2) is 5.56. The summed E-state index contributed by atoms with van der Waals surface area (Å²) >= 11 is 0. The van der Waals surface area contributed by atoms with Crippen molar-refractivity contribution in [3.8, 4) is 5.75 Å². The molecule has 1 aromatic carbocycles. The molecule has 0 aliphatic carbocycles. The Hall–Kier alpha value is -1.48. The summed E-state index contributed by atoms with van der Waals surface area (Å²) in [5.74, 6) is 0.0815. The van der Waals surface area contributed by atoms with E-state index in [1.165, 1.54) is 0 Å². The monoisotopic (exact) mass is 221 g/mol. The third-order valence-corrected chi connectivity index (χ3v) is 2.69. The van der Waals surface area contributed by atoms with E-state index in [1.54, 1.807) is 12.1 Å². The van der Waals surface area contributed by atoms with Crippen molar-refractivity contribution in [3.05, 3.63) is 35.9 Å². The van der Waals surface area contributed by atoms with Gasteiger partial charge in [-0.3, -0.25) is 0 Å². The molecule has 1 unspecified atom stereocenters. The van der Waals surface area contributed by atoms with E-state index in [2.05, 4.69) is 6.58 Å². The molecule has 1 atom stereocenters. The number of nitrogens with two attached hydrogens (primary N) is 1. The SMILES string of the molecule is C=CCC(O)Cc1c(CC)ccc(O)c1N. The molecule has 0 aliphatic heterocycles. The van der Waals surface area contributed by atoms with Crippen LogP contribution in [0.3, 0.4) is 0 Å². The molecular formula is C13H19NO2. The third kappa shape index (κ3) is 2.76. The number of benzene rings is 1. The van der Waals surface area contributed by atoms with E-state index in [1.807, 2.05) is 13.0 Å². The number of phenolic OH excluding ortho intramolecular Hbond substituents is 1. The lowest BCUT2D eigenvalue weighted by Gasteiger charge is -2.15. The molecule has 0 radical (unpaired) electrons. The first-order valence-corrected chi connectivity index (χ1v) is 5.48. The number of aryl methyl sites for hydroxylation is 1. The second-order valence-corrected chi connectivity index (χ2v) is 3.87. The van der Waals surface area contributed by atoms with Crippen LogP contribution in [-0.2, 0) is 12.8 Å². The molecule has 0 fully saturated rings. The van der Waals surface area contributed by atoms with Crippen molar-refractivity contribution >= 4 is 5.69 Å². The van der Waals surface area contributed by atoms with Gasteiger partial charge in [0.25, 0.3) is 0 Å². The Kier molecular flexibility index (Phi) is 4.38. The highest BCUT2D eigenvalue weighted by Gasteiger charge is 2.13. The van der Waals surface area contributed by atoms with E-state index in [0.29, 0.717) is 18.5 Å². The number of phenols is 1. The van der Waals surface area contributed by atoms with Gasteiger partial charge in [0.1, 0.15) is 5.75 Å². The van der Waals surface area contributed by atoms with Crippen LogP contribution in [0, 0.1) is 0 Å². The van der Waals surface area contributed by atoms with Crippen molar-refractivity contribution in [2.24, 2.45) is 0 Å². The molecule has 16 heavy (non-hydrogen) atoms. The molecule has 0 saturated carbocycles. The van der Waals surface area contributed by atoms with Crippen LogP contribution in [0.25, 0.3) is 0 Å². The Morgan fingerprint density at radius 1 is 1.50 bits per heavy atom. The summed E-state index contributed by atoms with van der Waals surface area (Å²) in [6.07, 6.45) is 3.00. The van der Waals surface area contributed by atoms with Gasteiger partial charge in [-0.15, -0.1) is 6.58 Å². The van der Waals surface area contributed by atoms with Gasteiger partial charge >= 0.3 is 0 Å². The smallest absolute Gasteiger partial charge is 0.138 e. The van der Waals surface area contributed by atoms with Crippen LogP contribution in [0.15, 0.2) is 24.8 Å². The molecule has 0 saturated heterocycles. The number of aliphatic hydroxyl groups is 1. The van der Waals surface area contributed by atoms with Crippen LogP contribution in [0.5, 0.6) is 5.75 Å². The van der Waals surface area contributed by atoms with Crippen molar-refractivity contribution in [2.75, 3.05) is 5.73 Å². The predicted octanol–water partition coefficient (Wildman–Crippen LogP) is 2.02. The largest absolute Gasteiger partial charge is 0.506 e. The lowest BCUT2D eigenvalue weighted by atomic mass is 9.96. The molecule has 88 valence electrons. The normalized spacial score (nSPS) is 12.4. The Morgan fingerprint density at radius 2 is 2.19 bits per heavy atom.